The molecule has 2 N–H and O–H groups in total. The van der Waals surface area contributed by atoms with Crippen LogP contribution in [0.2, 0.25) is 0 Å². The molecule has 0 aliphatic rings. The van der Waals surface area contributed by atoms with Gasteiger partial charge in [0.05, 0.1) is 17.7 Å². The molecule has 0 radical (unpaired) electrons. The van der Waals surface area contributed by atoms with Crippen molar-refractivity contribution in [1.29, 1.82) is 0 Å². The van der Waals surface area contributed by atoms with Crippen molar-refractivity contribution in [2.45, 2.75) is 31.2 Å². The minimum atomic E-state index is -3.75. The summed E-state index contributed by atoms with van der Waals surface area (Å²) in [6.07, 6.45) is 0.557. The Balaban J connectivity index is 2.14. The molecule has 0 saturated heterocycles. The Bertz CT molecular complexity index is 925. The summed E-state index contributed by atoms with van der Waals surface area (Å²) >= 11 is 0. The van der Waals surface area contributed by atoms with Crippen LogP contribution in [0, 0.1) is 0 Å². The molecule has 0 heterocycles. The van der Waals surface area contributed by atoms with Crippen LogP contribution >= 0.6 is 0 Å². The SMILES string of the molecule is COc1ccc(S(=O)(=O)N[C@@H](C)Cc2ccc(N(C)C)cc2)cc1NC(C)=O. The van der Waals surface area contributed by atoms with Gasteiger partial charge >= 0.3 is 0 Å². The maximum atomic E-state index is 12.7. The Labute approximate surface area is 166 Å². The summed E-state index contributed by atoms with van der Waals surface area (Å²) in [5.74, 6) is 0.0820. The fourth-order valence-corrected chi connectivity index (χ4v) is 4.07. The zero-order valence-corrected chi connectivity index (χ0v) is 17.6. The van der Waals surface area contributed by atoms with Gasteiger partial charge in [-0.05, 0) is 49.2 Å². The van der Waals surface area contributed by atoms with Crippen LogP contribution in [-0.4, -0.2) is 41.6 Å². The van der Waals surface area contributed by atoms with Crippen LogP contribution in [0.25, 0.3) is 0 Å². The highest BCUT2D eigenvalue weighted by Crippen LogP contribution is 2.27. The lowest BCUT2D eigenvalue weighted by Crippen LogP contribution is -2.34. The van der Waals surface area contributed by atoms with Crippen molar-refractivity contribution in [2.24, 2.45) is 0 Å². The van der Waals surface area contributed by atoms with E-state index in [0.29, 0.717) is 17.9 Å². The number of carbonyl (C=O) groups excluding carboxylic acids is 1. The molecule has 0 aromatic heterocycles. The predicted molar refractivity (Wildman–Crippen MR) is 112 cm³/mol. The summed E-state index contributed by atoms with van der Waals surface area (Å²) in [7, 11) is 1.64. The van der Waals surface area contributed by atoms with Crippen molar-refractivity contribution in [3.05, 3.63) is 48.0 Å². The van der Waals surface area contributed by atoms with Gasteiger partial charge in [0.2, 0.25) is 15.9 Å². The average molecular weight is 406 g/mol. The van der Waals surface area contributed by atoms with Crippen LogP contribution in [0.3, 0.4) is 0 Å². The van der Waals surface area contributed by atoms with Gasteiger partial charge in [0, 0.05) is 32.7 Å². The molecule has 152 valence electrons. The molecule has 2 aromatic rings. The number of hydrogen-bond donors (Lipinski definition) is 2. The molecule has 0 fully saturated rings. The van der Waals surface area contributed by atoms with Gasteiger partial charge in [-0.2, -0.15) is 0 Å². The molecule has 1 amide bonds. The number of benzene rings is 2. The van der Waals surface area contributed by atoms with Gasteiger partial charge in [-0.1, -0.05) is 12.1 Å². The van der Waals surface area contributed by atoms with Crippen LogP contribution in [0.5, 0.6) is 5.75 Å². The molecular formula is C20H27N3O4S. The Morgan fingerprint density at radius 3 is 2.32 bits per heavy atom. The first-order valence-corrected chi connectivity index (χ1v) is 10.3. The van der Waals surface area contributed by atoms with Crippen molar-refractivity contribution in [3.63, 3.8) is 0 Å². The molecule has 2 rings (SSSR count). The Morgan fingerprint density at radius 2 is 1.79 bits per heavy atom. The highest BCUT2D eigenvalue weighted by molar-refractivity contribution is 7.89. The van der Waals surface area contributed by atoms with Gasteiger partial charge in [0.1, 0.15) is 5.75 Å². The fraction of sp³-hybridized carbons (Fsp3) is 0.350. The molecule has 0 spiro atoms. The third kappa shape index (κ3) is 5.71. The maximum absolute atomic E-state index is 12.7. The number of nitrogens with zero attached hydrogens (tertiary/aromatic N) is 1. The molecule has 0 aliphatic heterocycles. The van der Waals surface area contributed by atoms with E-state index in [0.717, 1.165) is 11.3 Å². The summed E-state index contributed by atoms with van der Waals surface area (Å²) < 4.78 is 33.3. The quantitative estimate of drug-likeness (QED) is 0.705. The topological polar surface area (TPSA) is 87.7 Å². The van der Waals surface area contributed by atoms with Crippen LogP contribution in [-0.2, 0) is 21.2 Å². The predicted octanol–water partition coefficient (Wildman–Crippen LogP) is 2.63. The van der Waals surface area contributed by atoms with E-state index in [1.165, 1.54) is 32.2 Å². The van der Waals surface area contributed by atoms with Gasteiger partial charge in [0.15, 0.2) is 0 Å². The average Bonchev–Trinajstić information content (AvgIpc) is 2.61. The van der Waals surface area contributed by atoms with Gasteiger partial charge in [0.25, 0.3) is 0 Å². The van der Waals surface area contributed by atoms with Crippen molar-refractivity contribution in [3.8, 4) is 5.75 Å². The third-order valence-electron chi connectivity index (χ3n) is 4.14. The summed E-state index contributed by atoms with van der Waals surface area (Å²) in [5.41, 5.74) is 2.43. The Kier molecular flexibility index (Phi) is 7.04. The first-order valence-electron chi connectivity index (χ1n) is 8.86. The summed E-state index contributed by atoms with van der Waals surface area (Å²) in [4.78, 5) is 13.4. The minimum Gasteiger partial charge on any atom is -0.495 e. The number of ether oxygens (including phenoxy) is 1. The van der Waals surface area contributed by atoms with Crippen molar-refractivity contribution < 1.29 is 17.9 Å². The monoisotopic (exact) mass is 405 g/mol. The fourth-order valence-electron chi connectivity index (χ4n) is 2.80. The molecule has 1 atom stereocenters. The standard InChI is InChI=1S/C20H27N3O4S/c1-14(12-16-6-8-17(9-7-16)23(3)4)22-28(25,26)18-10-11-20(27-5)19(13-18)21-15(2)24/h6-11,13-14,22H,12H2,1-5H3,(H,21,24)/t14-/m0/s1. The number of sulfonamides is 1. The number of rotatable bonds is 8. The zero-order valence-electron chi connectivity index (χ0n) is 16.8. The zero-order chi connectivity index (χ0) is 20.9. The highest BCUT2D eigenvalue weighted by Gasteiger charge is 2.20. The van der Waals surface area contributed by atoms with Gasteiger partial charge in [-0.15, -0.1) is 0 Å². The van der Waals surface area contributed by atoms with Crippen LogP contribution in [0.4, 0.5) is 11.4 Å². The van der Waals surface area contributed by atoms with E-state index in [-0.39, 0.29) is 16.8 Å². The molecule has 0 bridgehead atoms. The second-order valence-corrected chi connectivity index (χ2v) is 8.54. The van der Waals surface area contributed by atoms with Crippen molar-refractivity contribution in [1.82, 2.24) is 4.72 Å². The third-order valence-corrected chi connectivity index (χ3v) is 5.73. The van der Waals surface area contributed by atoms with E-state index < -0.39 is 10.0 Å². The second-order valence-electron chi connectivity index (χ2n) is 6.83. The first kappa shape index (κ1) is 21.7. The number of methoxy groups -OCH3 is 1. The first-order chi connectivity index (χ1) is 13.1. The molecule has 8 heteroatoms. The van der Waals surface area contributed by atoms with E-state index in [4.69, 9.17) is 4.74 Å². The number of anilines is 2. The molecule has 0 saturated carbocycles. The lowest BCUT2D eigenvalue weighted by molar-refractivity contribution is -0.114. The normalized spacial score (nSPS) is 12.3. The lowest BCUT2D eigenvalue weighted by Gasteiger charge is -2.17. The van der Waals surface area contributed by atoms with Crippen LogP contribution in [0.1, 0.15) is 19.4 Å². The van der Waals surface area contributed by atoms with Crippen LogP contribution < -0.4 is 19.7 Å². The summed E-state index contributed by atoms with van der Waals surface area (Å²) in [5, 5.41) is 2.58. The molecule has 0 aliphatic carbocycles. The number of nitrogens with one attached hydrogen (secondary N) is 2. The van der Waals surface area contributed by atoms with Crippen LogP contribution in [0.15, 0.2) is 47.4 Å². The summed E-state index contributed by atoms with van der Waals surface area (Å²) in [6, 6.07) is 12.0. The number of carbonyl (C=O) groups is 1. The number of amides is 1. The summed E-state index contributed by atoms with van der Waals surface area (Å²) in [6.45, 7) is 3.16. The van der Waals surface area contributed by atoms with E-state index in [2.05, 4.69) is 10.0 Å². The number of hydrogen-bond acceptors (Lipinski definition) is 5. The lowest BCUT2D eigenvalue weighted by atomic mass is 10.1. The largest absolute Gasteiger partial charge is 0.495 e. The highest BCUT2D eigenvalue weighted by atomic mass is 32.2. The van der Waals surface area contributed by atoms with E-state index in [9.17, 15) is 13.2 Å². The molecule has 2 aromatic carbocycles. The second kappa shape index (κ2) is 9.07. The molecule has 0 unspecified atom stereocenters. The van der Waals surface area contributed by atoms with Crippen molar-refractivity contribution in [2.75, 3.05) is 31.4 Å². The Hall–Kier alpha value is -2.58. The van der Waals surface area contributed by atoms with E-state index in [1.54, 1.807) is 0 Å². The maximum Gasteiger partial charge on any atom is 0.240 e. The van der Waals surface area contributed by atoms with Gasteiger partial charge in [-0.3, -0.25) is 4.79 Å². The van der Waals surface area contributed by atoms with E-state index >= 15 is 0 Å². The molecule has 7 nitrogen and oxygen atoms in total. The van der Waals surface area contributed by atoms with Gasteiger partial charge < -0.3 is 15.0 Å². The molecule has 28 heavy (non-hydrogen) atoms. The minimum absolute atomic E-state index is 0.0619. The Morgan fingerprint density at radius 1 is 1.14 bits per heavy atom. The molecular weight excluding hydrogens is 378 g/mol. The van der Waals surface area contributed by atoms with E-state index in [1.807, 2.05) is 50.2 Å². The van der Waals surface area contributed by atoms with Crippen molar-refractivity contribution >= 4 is 27.3 Å². The smallest absolute Gasteiger partial charge is 0.240 e. The van der Waals surface area contributed by atoms with Gasteiger partial charge in [-0.25, -0.2) is 13.1 Å².